The summed E-state index contributed by atoms with van der Waals surface area (Å²) >= 11 is 0. The molecule has 3 N–H and O–H groups in total. The molecule has 1 atom stereocenters. The minimum atomic E-state index is -3.65. The Kier molecular flexibility index (Phi) is 6.72. The van der Waals surface area contributed by atoms with E-state index in [4.69, 9.17) is 5.10 Å². The van der Waals surface area contributed by atoms with Crippen LogP contribution < -0.4 is 15.4 Å². The minimum absolute atomic E-state index is 0.319. The maximum atomic E-state index is 13.2. The molecule has 0 bridgehead atoms. The fourth-order valence-electron chi connectivity index (χ4n) is 5.03. The first-order valence-electron chi connectivity index (χ1n) is 12.8. The average molecular weight is 518 g/mol. The highest BCUT2D eigenvalue weighted by Gasteiger charge is 2.23. The molecule has 0 amide bonds. The summed E-state index contributed by atoms with van der Waals surface area (Å²) in [6, 6.07) is 16.6. The third kappa shape index (κ3) is 5.50. The first-order valence-corrected chi connectivity index (χ1v) is 14.3. The molecule has 7 nitrogen and oxygen atoms in total. The van der Waals surface area contributed by atoms with Crippen LogP contribution in [0.1, 0.15) is 42.0 Å². The van der Waals surface area contributed by atoms with Crippen molar-refractivity contribution in [3.8, 4) is 5.69 Å². The molecule has 194 valence electrons. The van der Waals surface area contributed by atoms with E-state index < -0.39 is 10.0 Å². The van der Waals surface area contributed by atoms with E-state index in [2.05, 4.69) is 52.6 Å². The molecular weight excluding hydrogens is 482 g/mol. The third-order valence-electron chi connectivity index (χ3n) is 6.70. The Morgan fingerprint density at radius 2 is 1.70 bits per heavy atom. The van der Waals surface area contributed by atoms with Gasteiger partial charge in [0.2, 0.25) is 10.0 Å². The molecule has 8 heteroatoms. The second kappa shape index (κ2) is 9.84. The average Bonchev–Trinajstić information content (AvgIpc) is 3.51. The molecule has 5 rings (SSSR count). The third-order valence-corrected chi connectivity index (χ3v) is 8.59. The van der Waals surface area contributed by atoms with Crippen molar-refractivity contribution in [2.75, 3.05) is 17.2 Å². The number of sulfonamides is 1. The zero-order valence-corrected chi connectivity index (χ0v) is 22.9. The van der Waals surface area contributed by atoms with Gasteiger partial charge in [0.05, 0.1) is 22.3 Å². The summed E-state index contributed by atoms with van der Waals surface area (Å²) in [7, 11) is -3.65. The van der Waals surface area contributed by atoms with E-state index in [-0.39, 0.29) is 6.04 Å². The summed E-state index contributed by atoms with van der Waals surface area (Å²) in [5.74, 6) is 0. The molecule has 1 heterocycles. The van der Waals surface area contributed by atoms with E-state index in [1.807, 2.05) is 56.8 Å². The van der Waals surface area contributed by atoms with Crippen molar-refractivity contribution in [2.45, 2.75) is 64.4 Å². The number of anilines is 2. The van der Waals surface area contributed by atoms with Crippen molar-refractivity contribution in [3.05, 3.63) is 77.0 Å². The van der Waals surface area contributed by atoms with Crippen LogP contribution >= 0.6 is 0 Å². The van der Waals surface area contributed by atoms with Gasteiger partial charge in [0.25, 0.3) is 0 Å². The second-order valence-electron chi connectivity index (χ2n) is 10.4. The fraction of sp³-hybridized carbons (Fsp3) is 0.345. The molecular formula is C29H35N5O2S. The van der Waals surface area contributed by atoms with Gasteiger partial charge in [-0.2, -0.15) is 5.10 Å². The van der Waals surface area contributed by atoms with Gasteiger partial charge >= 0.3 is 0 Å². The van der Waals surface area contributed by atoms with Gasteiger partial charge in [0, 0.05) is 35.4 Å². The van der Waals surface area contributed by atoms with E-state index >= 15 is 0 Å². The van der Waals surface area contributed by atoms with E-state index in [0.29, 0.717) is 17.5 Å². The Morgan fingerprint density at radius 1 is 1.00 bits per heavy atom. The van der Waals surface area contributed by atoms with Crippen LogP contribution in [0.25, 0.3) is 16.6 Å². The predicted octanol–water partition coefficient (Wildman–Crippen LogP) is 5.61. The lowest BCUT2D eigenvalue weighted by Crippen LogP contribution is -2.38. The van der Waals surface area contributed by atoms with Crippen LogP contribution in [0, 0.1) is 27.7 Å². The highest BCUT2D eigenvalue weighted by Crippen LogP contribution is 2.30. The zero-order valence-electron chi connectivity index (χ0n) is 22.1. The maximum Gasteiger partial charge on any atom is 0.241 e. The van der Waals surface area contributed by atoms with Crippen LogP contribution in [0.4, 0.5) is 11.4 Å². The number of aryl methyl sites for hydroxylation is 4. The van der Waals surface area contributed by atoms with Gasteiger partial charge in [0.15, 0.2) is 0 Å². The number of hydrogen-bond donors (Lipinski definition) is 3. The van der Waals surface area contributed by atoms with Crippen molar-refractivity contribution in [1.82, 2.24) is 14.5 Å². The highest BCUT2D eigenvalue weighted by molar-refractivity contribution is 7.89. The quantitative estimate of drug-likeness (QED) is 0.269. The molecule has 0 aliphatic heterocycles. The largest absolute Gasteiger partial charge is 0.383 e. The number of benzene rings is 3. The topological polar surface area (TPSA) is 88.1 Å². The molecule has 0 saturated heterocycles. The molecule has 0 radical (unpaired) electrons. The van der Waals surface area contributed by atoms with E-state index in [1.165, 1.54) is 12.8 Å². The SMILES string of the molecule is Cc1cc(C)c(S(=O)(=O)N[C@@H](C)CNc2cc(C)cc3c2cnn3-c2cccc(NC3CC3)c2)c(C)c1. The first kappa shape index (κ1) is 25.3. The van der Waals surface area contributed by atoms with Crippen molar-refractivity contribution < 1.29 is 8.42 Å². The van der Waals surface area contributed by atoms with Gasteiger partial charge in [-0.15, -0.1) is 0 Å². The van der Waals surface area contributed by atoms with Crippen LogP contribution in [0.3, 0.4) is 0 Å². The molecule has 1 aromatic heterocycles. The lowest BCUT2D eigenvalue weighted by atomic mass is 10.1. The van der Waals surface area contributed by atoms with Crippen molar-refractivity contribution in [3.63, 3.8) is 0 Å². The number of rotatable bonds is 9. The molecule has 3 aromatic carbocycles. The zero-order chi connectivity index (χ0) is 26.3. The summed E-state index contributed by atoms with van der Waals surface area (Å²) in [6.45, 7) is 10.0. The number of fused-ring (bicyclic) bond motifs is 1. The van der Waals surface area contributed by atoms with Gasteiger partial charge in [0.1, 0.15) is 0 Å². The van der Waals surface area contributed by atoms with Crippen LogP contribution in [0.2, 0.25) is 0 Å². The van der Waals surface area contributed by atoms with Crippen LogP contribution in [-0.4, -0.2) is 36.8 Å². The molecule has 37 heavy (non-hydrogen) atoms. The van der Waals surface area contributed by atoms with Crippen LogP contribution in [0.15, 0.2) is 59.6 Å². The smallest absolute Gasteiger partial charge is 0.241 e. The van der Waals surface area contributed by atoms with Gasteiger partial charge in [-0.05, 0) is 94.5 Å². The summed E-state index contributed by atoms with van der Waals surface area (Å²) in [5, 5.41) is 12.7. The first-order chi connectivity index (χ1) is 17.6. The molecule has 1 aliphatic carbocycles. The lowest BCUT2D eigenvalue weighted by molar-refractivity contribution is 0.564. The molecule has 1 aliphatic rings. The standard InChI is InChI=1S/C29H35N5O2S/c1-18-11-20(3)29(21(4)12-18)37(35,36)33-22(5)16-30-27-13-19(2)14-28-26(27)17-31-34(28)25-8-6-7-24(15-25)32-23-9-10-23/h6-8,11-15,17,22-23,30,32-33H,9-10,16H2,1-5H3/t22-/m0/s1. The normalized spacial score (nSPS) is 14.6. The van der Waals surface area contributed by atoms with Gasteiger partial charge < -0.3 is 10.6 Å². The lowest BCUT2D eigenvalue weighted by Gasteiger charge is -2.19. The fourth-order valence-corrected chi connectivity index (χ4v) is 6.73. The van der Waals surface area contributed by atoms with Crippen LogP contribution in [0.5, 0.6) is 0 Å². The Labute approximate surface area is 219 Å². The summed E-state index contributed by atoms with van der Waals surface area (Å²) in [5.41, 5.74) is 7.72. The number of aromatic nitrogens is 2. The van der Waals surface area contributed by atoms with Gasteiger partial charge in [-0.3, -0.25) is 0 Å². The Bertz CT molecular complexity index is 1550. The molecule has 1 fully saturated rings. The monoisotopic (exact) mass is 517 g/mol. The van der Waals surface area contributed by atoms with Crippen molar-refractivity contribution >= 4 is 32.3 Å². The van der Waals surface area contributed by atoms with E-state index in [0.717, 1.165) is 50.2 Å². The minimum Gasteiger partial charge on any atom is -0.383 e. The Morgan fingerprint density at radius 3 is 2.41 bits per heavy atom. The van der Waals surface area contributed by atoms with E-state index in [9.17, 15) is 8.42 Å². The molecule has 1 saturated carbocycles. The Hall–Kier alpha value is -3.36. The Balaban J connectivity index is 1.35. The molecule has 4 aromatic rings. The van der Waals surface area contributed by atoms with E-state index in [1.54, 1.807) is 0 Å². The number of hydrogen-bond acceptors (Lipinski definition) is 5. The number of nitrogens with zero attached hydrogens (tertiary/aromatic N) is 2. The predicted molar refractivity (Wildman–Crippen MR) is 151 cm³/mol. The highest BCUT2D eigenvalue weighted by atomic mass is 32.2. The summed E-state index contributed by atoms with van der Waals surface area (Å²) in [4.78, 5) is 0.363. The van der Waals surface area contributed by atoms with Crippen LogP contribution in [-0.2, 0) is 10.0 Å². The summed E-state index contributed by atoms with van der Waals surface area (Å²) in [6.07, 6.45) is 4.32. The van der Waals surface area contributed by atoms with Crippen molar-refractivity contribution in [1.29, 1.82) is 0 Å². The summed E-state index contributed by atoms with van der Waals surface area (Å²) < 4.78 is 31.2. The number of nitrogens with one attached hydrogen (secondary N) is 3. The molecule has 0 unspecified atom stereocenters. The van der Waals surface area contributed by atoms with Crippen molar-refractivity contribution in [2.24, 2.45) is 0 Å². The molecule has 0 spiro atoms. The maximum absolute atomic E-state index is 13.2. The second-order valence-corrected chi connectivity index (χ2v) is 12.1. The van der Waals surface area contributed by atoms with Gasteiger partial charge in [-0.25, -0.2) is 17.8 Å². The van der Waals surface area contributed by atoms with Gasteiger partial charge in [-0.1, -0.05) is 23.8 Å².